The van der Waals surface area contributed by atoms with Crippen LogP contribution in [-0.4, -0.2) is 19.0 Å². The van der Waals surface area contributed by atoms with Crippen molar-refractivity contribution in [1.29, 1.82) is 0 Å². The van der Waals surface area contributed by atoms with Gasteiger partial charge in [-0.15, -0.1) is 0 Å². The molecule has 2 rings (SSSR count). The number of nitrogens with two attached hydrogens (primary N) is 1. The van der Waals surface area contributed by atoms with Crippen LogP contribution in [0.1, 0.15) is 18.3 Å². The van der Waals surface area contributed by atoms with Gasteiger partial charge in [0, 0.05) is 6.54 Å². The summed E-state index contributed by atoms with van der Waals surface area (Å²) in [6.07, 6.45) is 1.48. The summed E-state index contributed by atoms with van der Waals surface area (Å²) in [5.74, 6) is 1.05. The zero-order valence-corrected chi connectivity index (χ0v) is 11.3. The second kappa shape index (κ2) is 5.30. The molecule has 1 aromatic heterocycles. The van der Waals surface area contributed by atoms with E-state index in [1.807, 2.05) is 26.0 Å². The van der Waals surface area contributed by atoms with E-state index in [2.05, 4.69) is 10.1 Å². The normalized spacial score (nSPS) is 12.6. The van der Waals surface area contributed by atoms with Crippen molar-refractivity contribution < 1.29 is 4.21 Å². The molecule has 0 aliphatic heterocycles. The van der Waals surface area contributed by atoms with Crippen LogP contribution in [0, 0.1) is 6.92 Å². The van der Waals surface area contributed by atoms with Gasteiger partial charge in [-0.2, -0.15) is 5.10 Å². The number of hydrogen-bond acceptors (Lipinski definition) is 4. The Labute approximate surface area is 108 Å². The monoisotopic (exact) mass is 264 g/mol. The van der Waals surface area contributed by atoms with E-state index >= 15 is 0 Å². The predicted octanol–water partition coefficient (Wildman–Crippen LogP) is 1.50. The first-order valence-electron chi connectivity index (χ1n) is 5.73. The van der Waals surface area contributed by atoms with Crippen molar-refractivity contribution >= 4 is 16.5 Å². The average molecular weight is 264 g/mol. The smallest absolute Gasteiger partial charge is 0.139 e. The molecule has 1 heterocycles. The highest BCUT2D eigenvalue weighted by Gasteiger charge is 2.13. The van der Waals surface area contributed by atoms with Crippen molar-refractivity contribution in [3.8, 4) is 0 Å². The van der Waals surface area contributed by atoms with Crippen LogP contribution in [-0.2, 0) is 23.1 Å². The summed E-state index contributed by atoms with van der Waals surface area (Å²) < 4.78 is 14.0. The largest absolute Gasteiger partial charge is 0.398 e. The molecule has 0 aliphatic carbocycles. The lowest BCUT2D eigenvalue weighted by Gasteiger charge is -2.08. The third-order valence-electron chi connectivity index (χ3n) is 2.78. The van der Waals surface area contributed by atoms with E-state index in [4.69, 9.17) is 5.73 Å². The molecule has 1 aromatic carbocycles. The van der Waals surface area contributed by atoms with Crippen LogP contribution in [0.3, 0.4) is 0 Å². The molecule has 0 aliphatic rings. The fourth-order valence-corrected chi connectivity index (χ4v) is 2.96. The second-order valence-corrected chi connectivity index (χ2v) is 5.39. The van der Waals surface area contributed by atoms with E-state index in [1.165, 1.54) is 6.33 Å². The van der Waals surface area contributed by atoms with Gasteiger partial charge in [-0.1, -0.05) is 12.1 Å². The maximum absolute atomic E-state index is 12.3. The number of aromatic nitrogens is 3. The Morgan fingerprint density at radius 3 is 2.94 bits per heavy atom. The maximum Gasteiger partial charge on any atom is 0.139 e. The Bertz CT molecular complexity index is 579. The van der Waals surface area contributed by atoms with E-state index in [0.717, 1.165) is 17.9 Å². The minimum Gasteiger partial charge on any atom is -0.398 e. The Kier molecular flexibility index (Phi) is 3.76. The molecular formula is C12H16N4OS. The molecule has 0 saturated carbocycles. The Balaban J connectivity index is 2.25. The van der Waals surface area contributed by atoms with Gasteiger partial charge < -0.3 is 5.73 Å². The maximum atomic E-state index is 12.3. The third-order valence-corrected chi connectivity index (χ3v) is 4.15. The third kappa shape index (κ3) is 2.43. The molecule has 96 valence electrons. The number of nitrogens with zero attached hydrogens (tertiary/aromatic N) is 3. The number of anilines is 1. The summed E-state index contributed by atoms with van der Waals surface area (Å²) in [5.41, 5.74) is 7.49. The lowest BCUT2D eigenvalue weighted by atomic mass is 10.2. The fourth-order valence-electron chi connectivity index (χ4n) is 1.71. The van der Waals surface area contributed by atoms with Gasteiger partial charge in [0.1, 0.15) is 12.2 Å². The molecule has 0 spiro atoms. The topological polar surface area (TPSA) is 73.8 Å². The van der Waals surface area contributed by atoms with Crippen molar-refractivity contribution in [3.05, 3.63) is 35.9 Å². The van der Waals surface area contributed by atoms with Gasteiger partial charge in [-0.3, -0.25) is 4.21 Å². The summed E-state index contributed by atoms with van der Waals surface area (Å²) in [6, 6.07) is 5.57. The quantitative estimate of drug-likeness (QED) is 0.849. The van der Waals surface area contributed by atoms with Gasteiger partial charge in [0.2, 0.25) is 0 Å². The summed E-state index contributed by atoms with van der Waals surface area (Å²) in [5, 5.41) is 4.06. The number of hydrogen-bond donors (Lipinski definition) is 1. The van der Waals surface area contributed by atoms with E-state index in [9.17, 15) is 4.21 Å². The summed E-state index contributed by atoms with van der Waals surface area (Å²) in [7, 11) is -1.19. The summed E-state index contributed by atoms with van der Waals surface area (Å²) in [4.78, 5) is 4.79. The molecule has 6 heteroatoms. The molecule has 5 nitrogen and oxygen atoms in total. The minimum absolute atomic E-state index is 0.335. The van der Waals surface area contributed by atoms with Crippen LogP contribution < -0.4 is 5.73 Å². The van der Waals surface area contributed by atoms with Crippen LogP contribution in [0.4, 0.5) is 5.69 Å². The van der Waals surface area contributed by atoms with Crippen LogP contribution in [0.15, 0.2) is 29.4 Å². The molecule has 0 amide bonds. The molecular weight excluding hydrogens is 248 g/mol. The molecule has 18 heavy (non-hydrogen) atoms. The molecule has 0 bridgehead atoms. The van der Waals surface area contributed by atoms with Gasteiger partial charge in [0.05, 0.1) is 27.1 Å². The Morgan fingerprint density at radius 2 is 2.22 bits per heavy atom. The van der Waals surface area contributed by atoms with E-state index in [-0.39, 0.29) is 0 Å². The van der Waals surface area contributed by atoms with Crippen molar-refractivity contribution in [2.45, 2.75) is 31.0 Å². The van der Waals surface area contributed by atoms with Gasteiger partial charge in [0.15, 0.2) is 0 Å². The number of aryl methyl sites for hydroxylation is 2. The molecule has 1 unspecified atom stereocenters. The number of benzene rings is 1. The number of nitrogen functional groups attached to an aromatic ring is 1. The lowest BCUT2D eigenvalue weighted by molar-refractivity contribution is 0.627. The minimum atomic E-state index is -1.19. The van der Waals surface area contributed by atoms with Crippen molar-refractivity contribution in [2.75, 3.05) is 5.73 Å². The highest BCUT2D eigenvalue weighted by Crippen LogP contribution is 2.21. The number of para-hydroxylation sites is 1. The number of rotatable bonds is 4. The first-order chi connectivity index (χ1) is 8.63. The van der Waals surface area contributed by atoms with Gasteiger partial charge >= 0.3 is 0 Å². The molecule has 0 fully saturated rings. The SMILES string of the molecule is CCn1ncnc1CS(=O)c1cccc(C)c1N. The average Bonchev–Trinajstić information content (AvgIpc) is 2.79. The highest BCUT2D eigenvalue weighted by molar-refractivity contribution is 7.84. The van der Waals surface area contributed by atoms with Crippen LogP contribution in [0.25, 0.3) is 0 Å². The van der Waals surface area contributed by atoms with Crippen LogP contribution >= 0.6 is 0 Å². The fraction of sp³-hybridized carbons (Fsp3) is 0.333. The molecule has 0 saturated heterocycles. The second-order valence-electron chi connectivity index (χ2n) is 3.97. The van der Waals surface area contributed by atoms with Gasteiger partial charge in [0.25, 0.3) is 0 Å². The van der Waals surface area contributed by atoms with E-state index < -0.39 is 10.8 Å². The summed E-state index contributed by atoms with van der Waals surface area (Å²) >= 11 is 0. The standard InChI is InChI=1S/C12H16N4OS/c1-3-16-11(14-8-15-16)7-18(17)10-6-4-5-9(2)12(10)13/h4-6,8H,3,7,13H2,1-2H3. The highest BCUT2D eigenvalue weighted by atomic mass is 32.2. The first-order valence-corrected chi connectivity index (χ1v) is 7.05. The van der Waals surface area contributed by atoms with E-state index in [1.54, 1.807) is 10.7 Å². The zero-order chi connectivity index (χ0) is 13.1. The molecule has 1 atom stereocenters. The molecule has 0 radical (unpaired) electrons. The Morgan fingerprint density at radius 1 is 1.44 bits per heavy atom. The molecule has 2 N–H and O–H groups in total. The van der Waals surface area contributed by atoms with Gasteiger partial charge in [-0.05, 0) is 25.5 Å². The van der Waals surface area contributed by atoms with E-state index in [0.29, 0.717) is 16.3 Å². The predicted molar refractivity (Wildman–Crippen MR) is 71.4 cm³/mol. The summed E-state index contributed by atoms with van der Waals surface area (Å²) in [6.45, 7) is 4.60. The van der Waals surface area contributed by atoms with Crippen molar-refractivity contribution in [1.82, 2.24) is 14.8 Å². The lowest BCUT2D eigenvalue weighted by Crippen LogP contribution is -2.08. The van der Waals surface area contributed by atoms with Crippen molar-refractivity contribution in [2.24, 2.45) is 0 Å². The molecule has 2 aromatic rings. The first kappa shape index (κ1) is 12.8. The Hall–Kier alpha value is -1.69. The van der Waals surface area contributed by atoms with Gasteiger partial charge in [-0.25, -0.2) is 9.67 Å². The zero-order valence-electron chi connectivity index (χ0n) is 10.5. The van der Waals surface area contributed by atoms with Crippen LogP contribution in [0.5, 0.6) is 0 Å². The van der Waals surface area contributed by atoms with Crippen molar-refractivity contribution in [3.63, 3.8) is 0 Å². The van der Waals surface area contributed by atoms with Crippen LogP contribution in [0.2, 0.25) is 0 Å².